The van der Waals surface area contributed by atoms with Gasteiger partial charge in [-0.2, -0.15) is 0 Å². The molecule has 0 spiro atoms. The Morgan fingerprint density at radius 1 is 1.41 bits per heavy atom. The van der Waals surface area contributed by atoms with Gasteiger partial charge in [0.1, 0.15) is 11.7 Å². The number of hydrogen-bond donors (Lipinski definition) is 0. The van der Waals surface area contributed by atoms with Gasteiger partial charge in [0.2, 0.25) is 0 Å². The van der Waals surface area contributed by atoms with Crippen LogP contribution in [0.25, 0.3) is 0 Å². The Morgan fingerprint density at radius 3 is 2.53 bits per heavy atom. The van der Waals surface area contributed by atoms with Gasteiger partial charge in [0.05, 0.1) is 7.11 Å². The molecule has 0 saturated heterocycles. The average molecular weight is 346 g/mol. The summed E-state index contributed by atoms with van der Waals surface area (Å²) in [6.07, 6.45) is 1.55. The van der Waals surface area contributed by atoms with Crippen LogP contribution in [0.2, 0.25) is 0 Å². The zero-order valence-corrected chi connectivity index (χ0v) is 11.8. The first-order chi connectivity index (χ1) is 8.21. The summed E-state index contributed by atoms with van der Waals surface area (Å²) >= 11 is 2.21. The second-order valence-electron chi connectivity index (χ2n) is 3.75. The SMILES string of the molecule is COC(=O)C(CC=O)(CCI)c1ccccc1. The molecule has 1 unspecified atom stereocenters. The number of aldehydes is 1. The highest BCUT2D eigenvalue weighted by molar-refractivity contribution is 14.1. The minimum absolute atomic E-state index is 0.159. The highest BCUT2D eigenvalue weighted by Crippen LogP contribution is 2.33. The van der Waals surface area contributed by atoms with Gasteiger partial charge in [0.25, 0.3) is 0 Å². The van der Waals surface area contributed by atoms with Gasteiger partial charge in [0, 0.05) is 10.8 Å². The highest BCUT2D eigenvalue weighted by Gasteiger charge is 2.40. The van der Waals surface area contributed by atoms with E-state index >= 15 is 0 Å². The maximum absolute atomic E-state index is 12.0. The Labute approximate surface area is 115 Å². The fraction of sp³-hybridized carbons (Fsp3) is 0.385. The molecule has 1 atom stereocenters. The average Bonchev–Trinajstić information content (AvgIpc) is 2.38. The van der Waals surface area contributed by atoms with Crippen LogP contribution in [-0.2, 0) is 19.7 Å². The number of halogens is 1. The highest BCUT2D eigenvalue weighted by atomic mass is 127. The quantitative estimate of drug-likeness (QED) is 0.344. The molecule has 0 heterocycles. The summed E-state index contributed by atoms with van der Waals surface area (Å²) in [6.45, 7) is 0. The molecular formula is C13H15IO3. The Balaban J connectivity index is 3.23. The molecule has 0 saturated carbocycles. The maximum atomic E-state index is 12.0. The summed E-state index contributed by atoms with van der Waals surface area (Å²) < 4.78 is 5.66. The van der Waals surface area contributed by atoms with E-state index in [4.69, 9.17) is 4.74 Å². The van der Waals surface area contributed by atoms with E-state index in [1.165, 1.54) is 7.11 Å². The van der Waals surface area contributed by atoms with Crippen LogP contribution in [0.5, 0.6) is 0 Å². The van der Waals surface area contributed by atoms with Crippen LogP contribution < -0.4 is 0 Å². The van der Waals surface area contributed by atoms with Gasteiger partial charge in [0.15, 0.2) is 0 Å². The van der Waals surface area contributed by atoms with E-state index in [2.05, 4.69) is 22.6 Å². The summed E-state index contributed by atoms with van der Waals surface area (Å²) in [7, 11) is 1.36. The van der Waals surface area contributed by atoms with Crippen LogP contribution >= 0.6 is 22.6 Å². The smallest absolute Gasteiger partial charge is 0.316 e. The summed E-state index contributed by atoms with van der Waals surface area (Å²) in [5.74, 6) is -0.340. The van der Waals surface area contributed by atoms with Crippen molar-refractivity contribution in [1.82, 2.24) is 0 Å². The number of alkyl halides is 1. The van der Waals surface area contributed by atoms with Crippen LogP contribution in [0.15, 0.2) is 30.3 Å². The molecule has 3 nitrogen and oxygen atoms in total. The van der Waals surface area contributed by atoms with Gasteiger partial charge in [-0.05, 0) is 12.0 Å². The monoisotopic (exact) mass is 346 g/mol. The molecule has 0 amide bonds. The molecule has 1 rings (SSSR count). The number of carbonyl (C=O) groups is 2. The summed E-state index contributed by atoms with van der Waals surface area (Å²) in [6, 6.07) is 9.35. The number of hydrogen-bond acceptors (Lipinski definition) is 3. The first-order valence-corrected chi connectivity index (χ1v) is 6.87. The molecule has 1 aromatic rings. The molecule has 17 heavy (non-hydrogen) atoms. The number of esters is 1. The van der Waals surface area contributed by atoms with Crippen LogP contribution in [0.1, 0.15) is 18.4 Å². The van der Waals surface area contributed by atoms with Gasteiger partial charge in [-0.3, -0.25) is 4.79 Å². The molecule has 0 fully saturated rings. The van der Waals surface area contributed by atoms with E-state index in [-0.39, 0.29) is 12.4 Å². The van der Waals surface area contributed by atoms with Crippen molar-refractivity contribution in [2.45, 2.75) is 18.3 Å². The Bertz CT molecular complexity index is 378. The fourth-order valence-corrected chi connectivity index (χ4v) is 2.84. The molecule has 1 aromatic carbocycles. The van der Waals surface area contributed by atoms with Crippen molar-refractivity contribution in [3.05, 3.63) is 35.9 Å². The van der Waals surface area contributed by atoms with E-state index < -0.39 is 5.41 Å². The molecule has 0 aliphatic heterocycles. The second kappa shape index (κ2) is 6.74. The van der Waals surface area contributed by atoms with Crippen molar-refractivity contribution in [3.63, 3.8) is 0 Å². The molecule has 0 aliphatic rings. The molecule has 0 aliphatic carbocycles. The summed E-state index contributed by atoms with van der Waals surface area (Å²) in [5, 5.41) is 0. The molecule has 0 bridgehead atoms. The second-order valence-corrected chi connectivity index (χ2v) is 4.83. The van der Waals surface area contributed by atoms with Gasteiger partial charge < -0.3 is 9.53 Å². The first kappa shape index (κ1) is 14.2. The zero-order chi connectivity index (χ0) is 12.7. The predicted molar refractivity (Wildman–Crippen MR) is 74.3 cm³/mol. The molecule has 0 radical (unpaired) electrons. The van der Waals surface area contributed by atoms with Crippen LogP contribution in [0, 0.1) is 0 Å². The number of ether oxygens (including phenoxy) is 1. The molecule has 92 valence electrons. The number of benzene rings is 1. The standard InChI is InChI=1S/C13H15IO3/c1-17-12(16)13(7-9-14,8-10-15)11-5-3-2-4-6-11/h2-6,10H,7-9H2,1H3. The lowest BCUT2D eigenvalue weighted by Crippen LogP contribution is -2.38. The zero-order valence-electron chi connectivity index (χ0n) is 9.69. The number of methoxy groups -OCH3 is 1. The number of rotatable bonds is 6. The van der Waals surface area contributed by atoms with Crippen LogP contribution in [0.4, 0.5) is 0 Å². The molecule has 0 N–H and O–H groups in total. The lowest BCUT2D eigenvalue weighted by atomic mass is 9.76. The molecular weight excluding hydrogens is 331 g/mol. The third-order valence-electron chi connectivity index (χ3n) is 2.86. The van der Waals surface area contributed by atoms with E-state index in [9.17, 15) is 9.59 Å². The van der Waals surface area contributed by atoms with Crippen molar-refractivity contribution < 1.29 is 14.3 Å². The van der Waals surface area contributed by atoms with Crippen LogP contribution in [-0.4, -0.2) is 23.8 Å². The summed E-state index contributed by atoms with van der Waals surface area (Å²) in [4.78, 5) is 22.9. The third kappa shape index (κ3) is 3.06. The van der Waals surface area contributed by atoms with Gasteiger partial charge in [-0.25, -0.2) is 0 Å². The van der Waals surface area contributed by atoms with Crippen molar-refractivity contribution in [2.24, 2.45) is 0 Å². The minimum atomic E-state index is -0.834. The predicted octanol–water partition coefficient (Wildman–Crippen LogP) is 2.51. The van der Waals surface area contributed by atoms with E-state index in [1.807, 2.05) is 30.3 Å². The Hall–Kier alpha value is -0.910. The lowest BCUT2D eigenvalue weighted by Gasteiger charge is -2.29. The van der Waals surface area contributed by atoms with Crippen molar-refractivity contribution in [3.8, 4) is 0 Å². The van der Waals surface area contributed by atoms with Crippen molar-refractivity contribution >= 4 is 34.8 Å². The largest absolute Gasteiger partial charge is 0.468 e. The van der Waals surface area contributed by atoms with Gasteiger partial charge >= 0.3 is 5.97 Å². The fourth-order valence-electron chi connectivity index (χ4n) is 1.92. The number of carbonyl (C=O) groups excluding carboxylic acids is 2. The molecule has 0 aromatic heterocycles. The van der Waals surface area contributed by atoms with Gasteiger partial charge in [-0.1, -0.05) is 52.9 Å². The minimum Gasteiger partial charge on any atom is -0.468 e. The van der Waals surface area contributed by atoms with Crippen molar-refractivity contribution in [2.75, 3.05) is 11.5 Å². The van der Waals surface area contributed by atoms with Crippen LogP contribution in [0.3, 0.4) is 0 Å². The maximum Gasteiger partial charge on any atom is 0.316 e. The molecule has 4 heteroatoms. The summed E-state index contributed by atoms with van der Waals surface area (Å²) in [5.41, 5.74) is 0.00879. The first-order valence-electron chi connectivity index (χ1n) is 5.35. The van der Waals surface area contributed by atoms with Crippen molar-refractivity contribution in [1.29, 1.82) is 0 Å². The Morgan fingerprint density at radius 2 is 2.06 bits per heavy atom. The normalized spacial score (nSPS) is 13.8. The van der Waals surface area contributed by atoms with E-state index in [0.717, 1.165) is 16.3 Å². The lowest BCUT2D eigenvalue weighted by molar-refractivity contribution is -0.148. The van der Waals surface area contributed by atoms with E-state index in [0.29, 0.717) is 6.42 Å². The van der Waals surface area contributed by atoms with E-state index in [1.54, 1.807) is 0 Å². The third-order valence-corrected chi connectivity index (χ3v) is 3.39. The Kier molecular flexibility index (Phi) is 5.61. The van der Waals surface area contributed by atoms with Gasteiger partial charge in [-0.15, -0.1) is 0 Å². The topological polar surface area (TPSA) is 43.4 Å².